The van der Waals surface area contributed by atoms with E-state index in [4.69, 9.17) is 9.84 Å². The first-order valence-corrected chi connectivity index (χ1v) is 8.33. The fraction of sp³-hybridized carbons (Fsp3) is 0.200. The highest BCUT2D eigenvalue weighted by Gasteiger charge is 2.18. The first-order chi connectivity index (χ1) is 13.5. The summed E-state index contributed by atoms with van der Waals surface area (Å²) in [5.41, 5.74) is 2.08. The Morgan fingerprint density at radius 2 is 1.93 bits per heavy atom. The van der Waals surface area contributed by atoms with Crippen LogP contribution in [0.5, 0.6) is 11.6 Å². The molecule has 0 spiro atoms. The molecular formula is C20H17F3N2O3. The first kappa shape index (κ1) is 19.6. The number of aliphatic hydroxyl groups excluding tert-OH is 1. The van der Waals surface area contributed by atoms with Gasteiger partial charge in [-0.3, -0.25) is 4.98 Å². The SMILES string of the molecule is COc1ccc(Cc2ccc(CO)nc2)c(F)c1-c1ccnc(OC(F)F)c1. The van der Waals surface area contributed by atoms with Gasteiger partial charge in [0.2, 0.25) is 5.88 Å². The zero-order chi connectivity index (χ0) is 20.1. The predicted octanol–water partition coefficient (Wildman–Crippen LogP) is 3.98. The largest absolute Gasteiger partial charge is 0.496 e. The molecule has 2 heterocycles. The number of methoxy groups -OCH3 is 1. The van der Waals surface area contributed by atoms with E-state index in [1.807, 2.05) is 0 Å². The van der Waals surface area contributed by atoms with Crippen molar-refractivity contribution in [2.45, 2.75) is 19.6 Å². The van der Waals surface area contributed by atoms with Crippen molar-refractivity contribution in [2.24, 2.45) is 0 Å². The Morgan fingerprint density at radius 3 is 2.57 bits per heavy atom. The quantitative estimate of drug-likeness (QED) is 0.661. The van der Waals surface area contributed by atoms with E-state index >= 15 is 4.39 Å². The van der Waals surface area contributed by atoms with Crippen LogP contribution in [0.3, 0.4) is 0 Å². The Labute approximate surface area is 159 Å². The Bertz CT molecular complexity index is 950. The van der Waals surface area contributed by atoms with Crippen molar-refractivity contribution < 1.29 is 27.8 Å². The van der Waals surface area contributed by atoms with Crippen LogP contribution in [0.4, 0.5) is 13.2 Å². The number of aliphatic hydroxyl groups is 1. The van der Waals surface area contributed by atoms with Gasteiger partial charge in [-0.25, -0.2) is 9.37 Å². The number of hydrogen-bond acceptors (Lipinski definition) is 5. The number of rotatable bonds is 7. The van der Waals surface area contributed by atoms with Gasteiger partial charge in [0.05, 0.1) is 25.0 Å². The average molecular weight is 390 g/mol. The topological polar surface area (TPSA) is 64.5 Å². The summed E-state index contributed by atoms with van der Waals surface area (Å²) in [7, 11) is 1.40. The van der Waals surface area contributed by atoms with Gasteiger partial charge in [0.1, 0.15) is 11.6 Å². The second-order valence-electron chi connectivity index (χ2n) is 5.87. The minimum Gasteiger partial charge on any atom is -0.496 e. The third kappa shape index (κ3) is 4.40. The summed E-state index contributed by atoms with van der Waals surface area (Å²) in [5.74, 6) is -0.605. The fourth-order valence-corrected chi connectivity index (χ4v) is 2.77. The zero-order valence-corrected chi connectivity index (χ0v) is 14.9. The standard InChI is InChI=1S/C20H17F3N2O3/c1-27-16-5-3-14(8-12-2-4-15(11-26)25-10-12)19(21)18(16)13-6-7-24-17(9-13)28-20(22)23/h2-7,9-10,20,26H,8,11H2,1H3. The average Bonchev–Trinajstić information content (AvgIpc) is 2.69. The van der Waals surface area contributed by atoms with Crippen LogP contribution in [-0.4, -0.2) is 28.8 Å². The van der Waals surface area contributed by atoms with Gasteiger partial charge in [0.25, 0.3) is 0 Å². The van der Waals surface area contributed by atoms with Crippen molar-refractivity contribution in [2.75, 3.05) is 7.11 Å². The molecule has 0 aliphatic carbocycles. The molecule has 1 N–H and O–H groups in total. The number of hydrogen-bond donors (Lipinski definition) is 1. The Balaban J connectivity index is 1.99. The van der Waals surface area contributed by atoms with Crippen LogP contribution in [0.1, 0.15) is 16.8 Å². The normalized spacial score (nSPS) is 10.9. The molecular weight excluding hydrogens is 373 g/mol. The fourth-order valence-electron chi connectivity index (χ4n) is 2.77. The van der Waals surface area contributed by atoms with Gasteiger partial charge in [-0.1, -0.05) is 12.1 Å². The van der Waals surface area contributed by atoms with Crippen LogP contribution >= 0.6 is 0 Å². The van der Waals surface area contributed by atoms with Crippen molar-refractivity contribution in [1.29, 1.82) is 0 Å². The molecule has 0 saturated carbocycles. The minimum atomic E-state index is -3.03. The number of halogens is 3. The maximum atomic E-state index is 15.3. The molecule has 0 unspecified atom stereocenters. The van der Waals surface area contributed by atoms with E-state index in [9.17, 15) is 8.78 Å². The van der Waals surface area contributed by atoms with Crippen LogP contribution < -0.4 is 9.47 Å². The molecule has 8 heteroatoms. The molecule has 0 aliphatic heterocycles. The number of nitrogens with zero attached hydrogens (tertiary/aromatic N) is 2. The lowest BCUT2D eigenvalue weighted by molar-refractivity contribution is -0.0528. The van der Waals surface area contributed by atoms with Gasteiger partial charge in [-0.2, -0.15) is 8.78 Å². The molecule has 0 atom stereocenters. The first-order valence-electron chi connectivity index (χ1n) is 8.33. The highest BCUT2D eigenvalue weighted by Crippen LogP contribution is 2.36. The summed E-state index contributed by atoms with van der Waals surface area (Å²) in [5, 5.41) is 9.06. The van der Waals surface area contributed by atoms with Crippen LogP contribution in [0.2, 0.25) is 0 Å². The molecule has 5 nitrogen and oxygen atoms in total. The number of alkyl halides is 2. The maximum Gasteiger partial charge on any atom is 0.388 e. The summed E-state index contributed by atoms with van der Waals surface area (Å²) < 4.78 is 49.7. The third-order valence-electron chi connectivity index (χ3n) is 4.08. The van der Waals surface area contributed by atoms with Crippen molar-refractivity contribution >= 4 is 0 Å². The lowest BCUT2D eigenvalue weighted by Gasteiger charge is -2.14. The molecule has 1 aromatic carbocycles. The van der Waals surface area contributed by atoms with E-state index < -0.39 is 12.4 Å². The predicted molar refractivity (Wildman–Crippen MR) is 95.8 cm³/mol. The van der Waals surface area contributed by atoms with E-state index in [1.54, 1.807) is 30.5 Å². The number of benzene rings is 1. The van der Waals surface area contributed by atoms with Crippen molar-refractivity contribution in [1.82, 2.24) is 9.97 Å². The maximum absolute atomic E-state index is 15.3. The number of ether oxygens (including phenoxy) is 2. The van der Waals surface area contributed by atoms with Crippen molar-refractivity contribution in [3.8, 4) is 22.8 Å². The molecule has 0 radical (unpaired) electrons. The summed E-state index contributed by atoms with van der Waals surface area (Å²) >= 11 is 0. The van der Waals surface area contributed by atoms with Crippen LogP contribution in [0, 0.1) is 5.82 Å². The summed E-state index contributed by atoms with van der Waals surface area (Å²) in [4.78, 5) is 7.79. The summed E-state index contributed by atoms with van der Waals surface area (Å²) in [6, 6.07) is 9.33. The van der Waals surface area contributed by atoms with E-state index in [0.717, 1.165) is 5.56 Å². The van der Waals surface area contributed by atoms with E-state index in [0.29, 0.717) is 16.8 Å². The summed E-state index contributed by atoms with van der Waals surface area (Å²) in [6.45, 7) is -3.21. The van der Waals surface area contributed by atoms with Gasteiger partial charge >= 0.3 is 6.61 Å². The van der Waals surface area contributed by atoms with Gasteiger partial charge in [0, 0.05) is 24.9 Å². The van der Waals surface area contributed by atoms with Gasteiger partial charge < -0.3 is 14.6 Å². The molecule has 0 aliphatic rings. The minimum absolute atomic E-state index is 0.126. The van der Waals surface area contributed by atoms with Crippen LogP contribution in [-0.2, 0) is 13.0 Å². The summed E-state index contributed by atoms with van der Waals surface area (Å²) in [6.07, 6.45) is 3.08. The van der Waals surface area contributed by atoms with Gasteiger partial charge in [0.15, 0.2) is 0 Å². The molecule has 3 aromatic rings. The van der Waals surface area contributed by atoms with E-state index in [-0.39, 0.29) is 30.2 Å². The Kier molecular flexibility index (Phi) is 6.10. The molecule has 2 aromatic heterocycles. The van der Waals surface area contributed by atoms with E-state index in [1.165, 1.54) is 25.4 Å². The second kappa shape index (κ2) is 8.71. The van der Waals surface area contributed by atoms with Crippen LogP contribution in [0.25, 0.3) is 11.1 Å². The molecule has 0 bridgehead atoms. The lowest BCUT2D eigenvalue weighted by atomic mass is 9.98. The Hall–Kier alpha value is -3.13. The molecule has 0 amide bonds. The molecule has 0 fully saturated rings. The zero-order valence-electron chi connectivity index (χ0n) is 14.9. The van der Waals surface area contributed by atoms with Gasteiger partial charge in [-0.05, 0) is 34.9 Å². The van der Waals surface area contributed by atoms with Crippen molar-refractivity contribution in [3.05, 3.63) is 71.4 Å². The highest BCUT2D eigenvalue weighted by atomic mass is 19.3. The molecule has 3 rings (SSSR count). The Morgan fingerprint density at radius 1 is 1.11 bits per heavy atom. The molecule has 0 saturated heterocycles. The third-order valence-corrected chi connectivity index (χ3v) is 4.08. The van der Waals surface area contributed by atoms with Crippen LogP contribution in [0.15, 0.2) is 48.8 Å². The molecule has 146 valence electrons. The van der Waals surface area contributed by atoms with Gasteiger partial charge in [-0.15, -0.1) is 0 Å². The lowest BCUT2D eigenvalue weighted by Crippen LogP contribution is -2.04. The van der Waals surface area contributed by atoms with E-state index in [2.05, 4.69) is 14.7 Å². The highest BCUT2D eigenvalue weighted by molar-refractivity contribution is 5.72. The second-order valence-corrected chi connectivity index (χ2v) is 5.87. The monoisotopic (exact) mass is 390 g/mol. The molecule has 28 heavy (non-hydrogen) atoms. The number of aromatic nitrogens is 2. The number of pyridine rings is 2. The smallest absolute Gasteiger partial charge is 0.388 e. The van der Waals surface area contributed by atoms with Crippen molar-refractivity contribution in [3.63, 3.8) is 0 Å².